The maximum absolute atomic E-state index is 11.6. The summed E-state index contributed by atoms with van der Waals surface area (Å²) >= 11 is 0. The van der Waals surface area contributed by atoms with E-state index in [9.17, 15) is 9.59 Å². The average molecular weight is 240 g/mol. The number of hydrogen-bond donors (Lipinski definition) is 2. The molecule has 0 aromatic carbocycles. The van der Waals surface area contributed by atoms with Crippen molar-refractivity contribution < 1.29 is 18.7 Å². The largest absolute Gasteiger partial charge is 0.469 e. The summed E-state index contributed by atoms with van der Waals surface area (Å²) in [6.07, 6.45) is 1.43. The number of methoxy groups -OCH3 is 1. The third kappa shape index (κ3) is 4.28. The highest BCUT2D eigenvalue weighted by molar-refractivity contribution is 5.97. The molecule has 0 unspecified atom stereocenters. The standard InChI is InChI=1S/C11H16N2O4/c1-8-9(3-5-17-8)11(15)13-7-10(14)12-4-6-16-2/h3,5H,4,6-7H2,1-2H3,(H,12,14)(H,13,15). The van der Waals surface area contributed by atoms with Gasteiger partial charge in [-0.25, -0.2) is 0 Å². The number of hydrogen-bond acceptors (Lipinski definition) is 4. The minimum absolute atomic E-state index is 0.0623. The first-order valence-corrected chi connectivity index (χ1v) is 5.23. The van der Waals surface area contributed by atoms with Gasteiger partial charge in [-0.3, -0.25) is 9.59 Å². The van der Waals surface area contributed by atoms with Crippen LogP contribution in [0, 0.1) is 6.92 Å². The predicted octanol–water partition coefficient (Wildman–Crippen LogP) is 0.0804. The molecule has 1 rings (SSSR count). The van der Waals surface area contributed by atoms with E-state index in [1.807, 2.05) is 0 Å². The molecule has 6 nitrogen and oxygen atoms in total. The van der Waals surface area contributed by atoms with E-state index in [1.165, 1.54) is 6.26 Å². The summed E-state index contributed by atoms with van der Waals surface area (Å²) in [4.78, 5) is 22.9. The molecule has 1 aromatic rings. The zero-order valence-corrected chi connectivity index (χ0v) is 9.91. The molecule has 0 atom stereocenters. The van der Waals surface area contributed by atoms with Crippen molar-refractivity contribution in [3.05, 3.63) is 23.7 Å². The maximum Gasteiger partial charge on any atom is 0.255 e. The highest BCUT2D eigenvalue weighted by Gasteiger charge is 2.11. The van der Waals surface area contributed by atoms with Gasteiger partial charge in [0.1, 0.15) is 5.76 Å². The molecule has 6 heteroatoms. The fourth-order valence-electron chi connectivity index (χ4n) is 1.23. The van der Waals surface area contributed by atoms with Gasteiger partial charge in [0, 0.05) is 13.7 Å². The smallest absolute Gasteiger partial charge is 0.255 e. The number of nitrogens with one attached hydrogen (secondary N) is 2. The molecule has 17 heavy (non-hydrogen) atoms. The molecule has 0 saturated carbocycles. The number of carbonyl (C=O) groups is 2. The van der Waals surface area contributed by atoms with Gasteiger partial charge < -0.3 is 19.8 Å². The molecule has 0 saturated heterocycles. The number of furan rings is 1. The van der Waals surface area contributed by atoms with Crippen LogP contribution in [-0.4, -0.2) is 38.6 Å². The minimum Gasteiger partial charge on any atom is -0.469 e. The quantitative estimate of drug-likeness (QED) is 0.690. The van der Waals surface area contributed by atoms with Crippen LogP contribution in [0.1, 0.15) is 16.1 Å². The normalized spacial score (nSPS) is 10.0. The highest BCUT2D eigenvalue weighted by Crippen LogP contribution is 2.07. The Labute approximate surface area is 99.3 Å². The van der Waals surface area contributed by atoms with E-state index in [1.54, 1.807) is 20.1 Å². The van der Waals surface area contributed by atoms with Gasteiger partial charge in [-0.1, -0.05) is 0 Å². The van der Waals surface area contributed by atoms with Gasteiger partial charge in [0.2, 0.25) is 5.91 Å². The van der Waals surface area contributed by atoms with Gasteiger partial charge in [0.05, 0.1) is 25.0 Å². The summed E-state index contributed by atoms with van der Waals surface area (Å²) in [5.41, 5.74) is 0.440. The highest BCUT2D eigenvalue weighted by atomic mass is 16.5. The number of rotatable bonds is 6. The lowest BCUT2D eigenvalue weighted by atomic mass is 10.2. The van der Waals surface area contributed by atoms with Gasteiger partial charge in [-0.15, -0.1) is 0 Å². The molecule has 1 heterocycles. The molecule has 2 amide bonds. The van der Waals surface area contributed by atoms with Gasteiger partial charge in [-0.2, -0.15) is 0 Å². The fourth-order valence-corrected chi connectivity index (χ4v) is 1.23. The van der Waals surface area contributed by atoms with Crippen molar-refractivity contribution in [1.82, 2.24) is 10.6 Å². The van der Waals surface area contributed by atoms with Crippen molar-refractivity contribution in [2.24, 2.45) is 0 Å². The fraction of sp³-hybridized carbons (Fsp3) is 0.455. The second-order valence-corrected chi connectivity index (χ2v) is 3.42. The van der Waals surface area contributed by atoms with Crippen LogP contribution in [-0.2, 0) is 9.53 Å². The second-order valence-electron chi connectivity index (χ2n) is 3.42. The Morgan fingerprint density at radius 3 is 2.76 bits per heavy atom. The van der Waals surface area contributed by atoms with Crippen LogP contribution >= 0.6 is 0 Å². The van der Waals surface area contributed by atoms with Crippen molar-refractivity contribution in [3.8, 4) is 0 Å². The molecule has 0 aliphatic rings. The Morgan fingerprint density at radius 1 is 1.41 bits per heavy atom. The van der Waals surface area contributed by atoms with Crippen molar-refractivity contribution >= 4 is 11.8 Å². The lowest BCUT2D eigenvalue weighted by molar-refractivity contribution is -0.120. The first-order valence-electron chi connectivity index (χ1n) is 5.23. The molecule has 1 aromatic heterocycles. The van der Waals surface area contributed by atoms with E-state index >= 15 is 0 Å². The van der Waals surface area contributed by atoms with E-state index in [0.29, 0.717) is 24.5 Å². The molecule has 0 aliphatic heterocycles. The number of amides is 2. The Balaban J connectivity index is 2.29. The average Bonchev–Trinajstić information content (AvgIpc) is 2.73. The summed E-state index contributed by atoms with van der Waals surface area (Å²) in [6.45, 7) is 2.50. The predicted molar refractivity (Wildman–Crippen MR) is 60.7 cm³/mol. The Morgan fingerprint density at radius 2 is 2.18 bits per heavy atom. The van der Waals surface area contributed by atoms with Crippen LogP contribution < -0.4 is 10.6 Å². The van der Waals surface area contributed by atoms with Crippen LogP contribution in [0.3, 0.4) is 0 Å². The van der Waals surface area contributed by atoms with Crippen LogP contribution in [0.2, 0.25) is 0 Å². The Bertz CT molecular complexity index is 387. The Hall–Kier alpha value is -1.82. The van der Waals surface area contributed by atoms with E-state index in [-0.39, 0.29) is 18.4 Å². The van der Waals surface area contributed by atoms with Crippen molar-refractivity contribution in [3.63, 3.8) is 0 Å². The molecule has 2 N–H and O–H groups in total. The zero-order chi connectivity index (χ0) is 12.7. The minimum atomic E-state index is -0.321. The lowest BCUT2D eigenvalue weighted by Crippen LogP contribution is -2.38. The van der Waals surface area contributed by atoms with Crippen molar-refractivity contribution in [1.29, 1.82) is 0 Å². The summed E-state index contributed by atoms with van der Waals surface area (Å²) in [7, 11) is 1.55. The van der Waals surface area contributed by atoms with Gasteiger partial charge >= 0.3 is 0 Å². The van der Waals surface area contributed by atoms with Crippen molar-refractivity contribution in [2.75, 3.05) is 26.8 Å². The van der Waals surface area contributed by atoms with E-state index in [0.717, 1.165) is 0 Å². The summed E-state index contributed by atoms with van der Waals surface area (Å²) in [5, 5.41) is 5.10. The van der Waals surface area contributed by atoms with Gasteiger partial charge in [0.15, 0.2) is 0 Å². The molecule has 0 spiro atoms. The molecular formula is C11H16N2O4. The summed E-state index contributed by atoms with van der Waals surface area (Å²) in [6, 6.07) is 1.56. The zero-order valence-electron chi connectivity index (χ0n) is 9.91. The molecule has 0 radical (unpaired) electrons. The van der Waals surface area contributed by atoms with Crippen LogP contribution in [0.4, 0.5) is 0 Å². The molecule has 94 valence electrons. The Kier molecular flexibility index (Phi) is 5.22. The number of aryl methyl sites for hydroxylation is 1. The van der Waals surface area contributed by atoms with Gasteiger partial charge in [0.25, 0.3) is 5.91 Å². The first-order chi connectivity index (χ1) is 8.15. The topological polar surface area (TPSA) is 80.6 Å². The SMILES string of the molecule is COCCNC(=O)CNC(=O)c1ccoc1C. The van der Waals surface area contributed by atoms with Crippen molar-refractivity contribution in [2.45, 2.75) is 6.92 Å². The van der Waals surface area contributed by atoms with E-state index < -0.39 is 0 Å². The first kappa shape index (κ1) is 13.2. The van der Waals surface area contributed by atoms with Crippen LogP contribution in [0.5, 0.6) is 0 Å². The molecule has 0 bridgehead atoms. The molecule has 0 aliphatic carbocycles. The van der Waals surface area contributed by atoms with Gasteiger partial charge in [-0.05, 0) is 13.0 Å². The third-order valence-electron chi connectivity index (χ3n) is 2.14. The van der Waals surface area contributed by atoms with E-state index in [2.05, 4.69) is 10.6 Å². The van der Waals surface area contributed by atoms with E-state index in [4.69, 9.17) is 9.15 Å². The number of carbonyl (C=O) groups excluding carboxylic acids is 2. The second kappa shape index (κ2) is 6.70. The summed E-state index contributed by atoms with van der Waals surface area (Å²) < 4.78 is 9.77. The third-order valence-corrected chi connectivity index (χ3v) is 2.14. The molecule has 0 fully saturated rings. The maximum atomic E-state index is 11.6. The number of ether oxygens (including phenoxy) is 1. The molecular weight excluding hydrogens is 224 g/mol. The lowest BCUT2D eigenvalue weighted by Gasteiger charge is -2.05. The monoisotopic (exact) mass is 240 g/mol. The summed E-state index contributed by atoms with van der Waals surface area (Å²) in [5.74, 6) is -0.0445. The van der Waals surface area contributed by atoms with Crippen LogP contribution in [0.25, 0.3) is 0 Å². The van der Waals surface area contributed by atoms with Crippen LogP contribution in [0.15, 0.2) is 16.7 Å².